The summed E-state index contributed by atoms with van der Waals surface area (Å²) in [5.41, 5.74) is 0.723. The number of carbonyl (C=O) groups is 1. The van der Waals surface area contributed by atoms with Crippen LogP contribution in [0.1, 0.15) is 13.3 Å². The molecule has 140 valence electrons. The topological polar surface area (TPSA) is 79.0 Å². The van der Waals surface area contributed by atoms with Gasteiger partial charge in [0.25, 0.3) is 0 Å². The molecule has 1 aromatic heterocycles. The Hall–Kier alpha value is -2.22. The minimum Gasteiger partial charge on any atom is -0.325 e. The van der Waals surface area contributed by atoms with Gasteiger partial charge in [0.15, 0.2) is 0 Å². The zero-order valence-electron chi connectivity index (χ0n) is 14.2. The number of carbonyl (C=O) groups excluding carboxylic acids is 1. The Balaban J connectivity index is 1.81. The number of thioether (sulfide) groups is 1. The van der Waals surface area contributed by atoms with E-state index in [0.717, 1.165) is 17.4 Å². The van der Waals surface area contributed by atoms with Crippen LogP contribution in [0.3, 0.4) is 0 Å². The van der Waals surface area contributed by atoms with E-state index in [-0.39, 0.29) is 10.9 Å². The van der Waals surface area contributed by atoms with E-state index in [2.05, 4.69) is 10.6 Å². The average Bonchev–Trinajstić information content (AvgIpc) is 3.03. The molecule has 3 rings (SSSR count). The molecular weight excluding hydrogens is 409 g/mol. The van der Waals surface area contributed by atoms with Crippen LogP contribution in [-0.4, -0.2) is 16.4 Å². The van der Waals surface area contributed by atoms with Crippen LogP contribution >= 0.6 is 35.0 Å². The highest BCUT2D eigenvalue weighted by molar-refractivity contribution is 8.00. The Kier molecular flexibility index (Phi) is 6.26. The summed E-state index contributed by atoms with van der Waals surface area (Å²) in [4.78, 5) is 24.8. The van der Waals surface area contributed by atoms with E-state index in [1.54, 1.807) is 18.2 Å². The van der Waals surface area contributed by atoms with E-state index >= 15 is 0 Å². The van der Waals surface area contributed by atoms with Crippen LogP contribution in [0.25, 0.3) is 5.69 Å². The minimum atomic E-state index is -0.537. The third kappa shape index (κ3) is 4.55. The van der Waals surface area contributed by atoms with E-state index in [9.17, 15) is 9.59 Å². The number of hydrogen-bond donors (Lipinski definition) is 2. The second-order valence-electron chi connectivity index (χ2n) is 5.59. The van der Waals surface area contributed by atoms with Gasteiger partial charge in [0.1, 0.15) is 0 Å². The number of amides is 1. The number of nitrogens with one attached hydrogen (secondary N) is 2. The number of anilines is 1. The van der Waals surface area contributed by atoms with Crippen LogP contribution in [0.5, 0.6) is 0 Å². The van der Waals surface area contributed by atoms with E-state index in [1.165, 1.54) is 4.68 Å². The molecule has 0 aliphatic carbocycles. The highest BCUT2D eigenvalue weighted by atomic mass is 35.5. The Labute approximate surface area is 169 Å². The predicted octanol–water partition coefficient (Wildman–Crippen LogP) is 4.06. The summed E-state index contributed by atoms with van der Waals surface area (Å²) in [6.45, 7) is 1.87. The summed E-state index contributed by atoms with van der Waals surface area (Å²) in [7, 11) is 0. The quantitative estimate of drug-likeness (QED) is 0.461. The molecule has 1 heterocycles. The van der Waals surface area contributed by atoms with Crippen molar-refractivity contribution in [2.75, 3.05) is 5.32 Å². The van der Waals surface area contributed by atoms with Gasteiger partial charge in [0.05, 0.1) is 15.3 Å². The summed E-state index contributed by atoms with van der Waals surface area (Å²) in [6.07, 6.45) is 0.511. The summed E-state index contributed by atoms with van der Waals surface area (Å²) in [5.74, 6) is -0.249. The molecule has 9 heteroatoms. The maximum atomic E-state index is 12.7. The highest BCUT2D eigenvalue weighted by Gasteiger charge is 2.30. The Morgan fingerprint density at radius 1 is 1.22 bits per heavy atom. The average molecular weight is 425 g/mol. The van der Waals surface area contributed by atoms with Crippen LogP contribution in [0, 0.1) is 0 Å². The second kappa shape index (κ2) is 8.65. The lowest BCUT2D eigenvalue weighted by atomic mass is 10.2. The fourth-order valence-electron chi connectivity index (χ4n) is 2.36. The Morgan fingerprint density at radius 3 is 2.63 bits per heavy atom. The minimum absolute atomic E-state index is 0.249. The zero-order valence-corrected chi connectivity index (χ0v) is 16.6. The Bertz CT molecular complexity index is 1000. The third-order valence-corrected chi connectivity index (χ3v) is 5.87. The van der Waals surface area contributed by atoms with Crippen molar-refractivity contribution in [1.82, 2.24) is 5.27 Å². The number of aromatic amines is 1. The first-order valence-electron chi connectivity index (χ1n) is 8.11. The first kappa shape index (κ1) is 19.5. The number of nitrogens with zero attached hydrogens (tertiary/aromatic N) is 1. The van der Waals surface area contributed by atoms with Crippen molar-refractivity contribution in [2.24, 2.45) is 0 Å². The highest BCUT2D eigenvalue weighted by Crippen LogP contribution is 2.27. The van der Waals surface area contributed by atoms with Gasteiger partial charge in [-0.3, -0.25) is 9.32 Å². The van der Waals surface area contributed by atoms with Crippen molar-refractivity contribution >= 4 is 46.6 Å². The van der Waals surface area contributed by atoms with Gasteiger partial charge in [-0.2, -0.15) is 0 Å². The van der Waals surface area contributed by atoms with Crippen LogP contribution in [0.2, 0.25) is 10.0 Å². The largest absolute Gasteiger partial charge is 0.442 e. The molecule has 0 saturated heterocycles. The standard InChI is InChI=1S/C18H15Cl2N3O3S/c1-2-15(16(24)21-11-8-9-13(19)14(20)10-11)27-17-18(25)26-22-23(17)12-6-4-3-5-7-12/h3-10,15H,2H2,1H3,(H-,21,22,24,25)/p+1. The van der Waals surface area contributed by atoms with E-state index in [0.29, 0.717) is 22.2 Å². The van der Waals surface area contributed by atoms with E-state index < -0.39 is 10.9 Å². The molecule has 1 unspecified atom stereocenters. The number of aromatic nitrogens is 2. The van der Waals surface area contributed by atoms with E-state index in [1.807, 2.05) is 37.3 Å². The fraction of sp³-hybridized carbons (Fsp3) is 0.167. The number of hydrogen-bond acceptors (Lipinski definition) is 4. The zero-order chi connectivity index (χ0) is 19.4. The van der Waals surface area contributed by atoms with Crippen LogP contribution in [-0.2, 0) is 4.79 Å². The van der Waals surface area contributed by atoms with Gasteiger partial charge in [0, 0.05) is 17.8 Å². The van der Waals surface area contributed by atoms with Crippen molar-refractivity contribution in [1.29, 1.82) is 0 Å². The second-order valence-corrected chi connectivity index (χ2v) is 7.60. The molecule has 0 aliphatic rings. The van der Waals surface area contributed by atoms with Gasteiger partial charge < -0.3 is 5.32 Å². The molecule has 0 bridgehead atoms. The maximum Gasteiger partial charge on any atom is 0.442 e. The molecule has 2 aromatic carbocycles. The van der Waals surface area contributed by atoms with Crippen LogP contribution in [0.15, 0.2) is 62.9 Å². The lowest BCUT2D eigenvalue weighted by molar-refractivity contribution is -0.704. The lowest BCUT2D eigenvalue weighted by Crippen LogP contribution is -2.37. The van der Waals surface area contributed by atoms with E-state index in [4.69, 9.17) is 27.7 Å². The van der Waals surface area contributed by atoms with Gasteiger partial charge in [0.2, 0.25) is 11.6 Å². The summed E-state index contributed by atoms with van der Waals surface area (Å²) in [5, 5.41) is 5.90. The molecule has 0 aliphatic heterocycles. The molecule has 3 aromatic rings. The molecule has 1 amide bonds. The van der Waals surface area contributed by atoms with Crippen molar-refractivity contribution in [2.45, 2.75) is 23.6 Å². The van der Waals surface area contributed by atoms with Crippen molar-refractivity contribution < 1.29 is 14.0 Å². The number of para-hydroxylation sites is 1. The van der Waals surface area contributed by atoms with Gasteiger partial charge in [-0.1, -0.05) is 48.3 Å². The lowest BCUT2D eigenvalue weighted by Gasteiger charge is -2.12. The normalized spacial score (nSPS) is 12.0. The molecular formula is C18H16Cl2N3O3S+. The molecule has 0 saturated carbocycles. The van der Waals surface area contributed by atoms with Crippen molar-refractivity contribution in [3.8, 4) is 5.69 Å². The van der Waals surface area contributed by atoms with Crippen molar-refractivity contribution in [3.05, 3.63) is 69.0 Å². The molecule has 2 N–H and O–H groups in total. The Morgan fingerprint density at radius 2 is 1.96 bits per heavy atom. The summed E-state index contributed by atoms with van der Waals surface area (Å²) >= 11 is 13.0. The van der Waals surface area contributed by atoms with Gasteiger partial charge in [-0.15, -0.1) is 0 Å². The smallest absolute Gasteiger partial charge is 0.325 e. The number of benzene rings is 2. The SMILES string of the molecule is CCC(Sc1c(=O)o[nH][n+]1-c1ccccc1)C(=O)Nc1ccc(Cl)c(Cl)c1. The summed E-state index contributed by atoms with van der Waals surface area (Å²) < 4.78 is 6.44. The molecule has 0 radical (unpaired) electrons. The van der Waals surface area contributed by atoms with Crippen LogP contribution < -0.4 is 15.6 Å². The van der Waals surface area contributed by atoms with Crippen LogP contribution in [0.4, 0.5) is 5.69 Å². The first-order chi connectivity index (χ1) is 13.0. The molecule has 27 heavy (non-hydrogen) atoms. The third-order valence-electron chi connectivity index (χ3n) is 3.73. The maximum absolute atomic E-state index is 12.7. The number of halogens is 2. The van der Waals surface area contributed by atoms with Gasteiger partial charge in [-0.25, -0.2) is 4.79 Å². The molecule has 0 spiro atoms. The molecule has 1 atom stereocenters. The fourth-order valence-corrected chi connectivity index (χ4v) is 3.65. The number of rotatable bonds is 6. The molecule has 6 nitrogen and oxygen atoms in total. The van der Waals surface area contributed by atoms with Gasteiger partial charge in [-0.05, 0) is 46.3 Å². The summed E-state index contributed by atoms with van der Waals surface area (Å²) in [6, 6.07) is 14.1. The first-order valence-corrected chi connectivity index (χ1v) is 9.74. The van der Waals surface area contributed by atoms with Gasteiger partial charge >= 0.3 is 10.7 Å². The molecule has 0 fully saturated rings. The number of H-pyrrole nitrogens is 1. The monoisotopic (exact) mass is 424 g/mol. The predicted molar refractivity (Wildman–Crippen MR) is 106 cm³/mol. The van der Waals surface area contributed by atoms with Crippen molar-refractivity contribution in [3.63, 3.8) is 0 Å².